The van der Waals surface area contributed by atoms with E-state index in [1.807, 2.05) is 6.92 Å². The van der Waals surface area contributed by atoms with Gasteiger partial charge in [-0.1, -0.05) is 42.1 Å². The Morgan fingerprint density at radius 2 is 1.96 bits per heavy atom. The average Bonchev–Trinajstić information content (AvgIpc) is 3.05. The first-order valence-corrected chi connectivity index (χ1v) is 11.0. The molecule has 1 heterocycles. The molecule has 3 rings (SSSR count). The van der Waals surface area contributed by atoms with Crippen LogP contribution in [0.1, 0.15) is 32.6 Å². The van der Waals surface area contributed by atoms with E-state index in [2.05, 4.69) is 14.5 Å². The lowest BCUT2D eigenvalue weighted by Crippen LogP contribution is -2.49. The molecule has 1 aromatic heterocycles. The first-order chi connectivity index (χ1) is 12.3. The summed E-state index contributed by atoms with van der Waals surface area (Å²) in [6.07, 6.45) is 5.18. The maximum absolute atomic E-state index is 13.4. The van der Waals surface area contributed by atoms with Crippen molar-refractivity contribution >= 4 is 53.5 Å². The van der Waals surface area contributed by atoms with Crippen molar-refractivity contribution in [3.05, 3.63) is 34.6 Å². The molecule has 1 atom stereocenters. The van der Waals surface area contributed by atoms with Gasteiger partial charge in [0.05, 0.1) is 16.5 Å². The van der Waals surface area contributed by atoms with Crippen LogP contribution in [0.3, 0.4) is 0 Å². The summed E-state index contributed by atoms with van der Waals surface area (Å²) >= 11 is 12.3. The summed E-state index contributed by atoms with van der Waals surface area (Å²) in [6, 6.07) is 4.81. The van der Waals surface area contributed by atoms with Crippen molar-refractivity contribution in [2.24, 2.45) is 0 Å². The molecule has 1 aromatic carbocycles. The van der Waals surface area contributed by atoms with Crippen molar-refractivity contribution in [3.63, 3.8) is 0 Å². The molecule has 0 N–H and O–H groups in total. The van der Waals surface area contributed by atoms with E-state index in [9.17, 15) is 8.42 Å². The van der Waals surface area contributed by atoms with Crippen LogP contribution >= 0.6 is 32.7 Å². The van der Waals surface area contributed by atoms with Crippen molar-refractivity contribution in [3.8, 4) is 0 Å². The van der Waals surface area contributed by atoms with Gasteiger partial charge in [-0.3, -0.25) is 0 Å². The fraction of sp³-hybridized carbons (Fsp3) is 0.471. The fourth-order valence-corrected chi connectivity index (χ4v) is 6.01. The molecular weight excluding hydrogens is 414 g/mol. The normalized spacial score (nSPS) is 17.3. The second-order valence-corrected chi connectivity index (χ2v) is 9.72. The molecule has 26 heavy (non-hydrogen) atoms. The van der Waals surface area contributed by atoms with E-state index in [4.69, 9.17) is 27.7 Å². The van der Waals surface area contributed by atoms with E-state index in [1.165, 1.54) is 6.20 Å². The molecule has 0 spiro atoms. The molecule has 1 fully saturated rings. The van der Waals surface area contributed by atoms with Crippen LogP contribution in [0.15, 0.2) is 29.3 Å². The van der Waals surface area contributed by atoms with Crippen LogP contribution in [0.2, 0.25) is 10.2 Å². The van der Waals surface area contributed by atoms with Crippen LogP contribution < -0.4 is 0 Å². The minimum atomic E-state index is -3.72. The van der Waals surface area contributed by atoms with Gasteiger partial charge < -0.3 is 4.52 Å². The number of hydrogen-bond acceptors (Lipinski definition) is 4. The van der Waals surface area contributed by atoms with Crippen LogP contribution in [0, 0.1) is 0 Å². The van der Waals surface area contributed by atoms with Crippen LogP contribution in [0.4, 0.5) is 0 Å². The number of hydrogen-bond donors (Lipinski definition) is 0. The number of nitrogens with zero attached hydrogens (tertiary/aromatic N) is 2. The Morgan fingerprint density at radius 3 is 2.62 bits per heavy atom. The van der Waals surface area contributed by atoms with Gasteiger partial charge in [0, 0.05) is 38.5 Å². The third kappa shape index (κ3) is 3.73. The van der Waals surface area contributed by atoms with E-state index in [0.717, 1.165) is 25.7 Å². The summed E-state index contributed by atoms with van der Waals surface area (Å²) in [7, 11) is -1.55. The van der Waals surface area contributed by atoms with E-state index in [0.29, 0.717) is 28.9 Å². The van der Waals surface area contributed by atoms with Gasteiger partial charge >= 0.3 is 0 Å². The number of rotatable bonds is 6. The highest BCUT2D eigenvalue weighted by Crippen LogP contribution is 2.39. The predicted octanol–water partition coefficient (Wildman–Crippen LogP) is 4.67. The van der Waals surface area contributed by atoms with E-state index in [1.54, 1.807) is 22.5 Å². The van der Waals surface area contributed by atoms with Crippen molar-refractivity contribution in [2.75, 3.05) is 13.2 Å². The molecule has 0 bridgehead atoms. The summed E-state index contributed by atoms with van der Waals surface area (Å²) in [6.45, 7) is 2.61. The van der Waals surface area contributed by atoms with Crippen molar-refractivity contribution in [1.82, 2.24) is 9.29 Å². The highest BCUT2D eigenvalue weighted by Gasteiger charge is 2.42. The van der Waals surface area contributed by atoms with Crippen molar-refractivity contribution < 1.29 is 12.9 Å². The zero-order chi connectivity index (χ0) is 18.9. The van der Waals surface area contributed by atoms with Gasteiger partial charge in [-0.25, -0.2) is 13.4 Å². The lowest BCUT2D eigenvalue weighted by molar-refractivity contribution is 0.185. The number of sulfonamides is 1. The Bertz CT molecular complexity index is 918. The SMILES string of the molecule is CC1(N(CCOP)S(=O)(=O)c2ccc3c(Cl)cnc(Cl)c3c2)CCCC1. The Kier molecular flexibility index (Phi) is 6.12. The number of pyridine rings is 1. The molecule has 0 amide bonds. The Hall–Kier alpha value is -0.490. The quantitative estimate of drug-likeness (QED) is 0.489. The summed E-state index contributed by atoms with van der Waals surface area (Å²) in [5, 5.41) is 1.87. The number of fused-ring (bicyclic) bond motifs is 1. The van der Waals surface area contributed by atoms with E-state index in [-0.39, 0.29) is 10.0 Å². The maximum Gasteiger partial charge on any atom is 0.243 e. The Morgan fingerprint density at radius 1 is 1.27 bits per heavy atom. The monoisotopic (exact) mass is 434 g/mol. The molecule has 1 aliphatic carbocycles. The zero-order valence-electron chi connectivity index (χ0n) is 14.4. The number of aromatic nitrogens is 1. The molecule has 0 aliphatic heterocycles. The highest BCUT2D eigenvalue weighted by molar-refractivity contribution is 7.89. The summed E-state index contributed by atoms with van der Waals surface area (Å²) in [5.41, 5.74) is -0.409. The molecule has 1 unspecified atom stereocenters. The highest BCUT2D eigenvalue weighted by atomic mass is 35.5. The van der Waals surface area contributed by atoms with Gasteiger partial charge in [0.1, 0.15) is 5.15 Å². The molecule has 142 valence electrons. The first kappa shape index (κ1) is 20.2. The minimum absolute atomic E-state index is 0.188. The van der Waals surface area contributed by atoms with Gasteiger partial charge in [0.25, 0.3) is 0 Å². The topological polar surface area (TPSA) is 59.5 Å². The van der Waals surface area contributed by atoms with E-state index < -0.39 is 15.6 Å². The third-order valence-electron chi connectivity index (χ3n) is 5.04. The standard InChI is InChI=1S/C17H21Cl2N2O3PS/c1-17(6-2-3-7-17)21(8-9-24-25)26(22,23)12-4-5-13-14(10-12)16(19)20-11-15(13)18/h4-5,10-11H,2-3,6-9,25H2,1H3. The molecule has 1 saturated carbocycles. The summed E-state index contributed by atoms with van der Waals surface area (Å²) in [4.78, 5) is 4.21. The van der Waals surface area contributed by atoms with Gasteiger partial charge in [-0.15, -0.1) is 0 Å². The number of benzene rings is 1. The fourth-order valence-electron chi connectivity index (χ4n) is 3.64. The Balaban J connectivity index is 2.09. The lowest BCUT2D eigenvalue weighted by Gasteiger charge is -2.37. The van der Waals surface area contributed by atoms with Gasteiger partial charge in [0.15, 0.2) is 0 Å². The molecule has 9 heteroatoms. The predicted molar refractivity (Wildman–Crippen MR) is 108 cm³/mol. The summed E-state index contributed by atoms with van der Waals surface area (Å²) in [5.74, 6) is 0. The Labute approximate surface area is 166 Å². The van der Waals surface area contributed by atoms with Crippen molar-refractivity contribution in [2.45, 2.75) is 43.0 Å². The molecule has 5 nitrogen and oxygen atoms in total. The van der Waals surface area contributed by atoms with E-state index >= 15 is 0 Å². The number of halogens is 2. The lowest BCUT2D eigenvalue weighted by atomic mass is 10.0. The maximum atomic E-state index is 13.4. The molecule has 1 aliphatic rings. The second-order valence-electron chi connectivity index (χ2n) is 6.76. The van der Waals surface area contributed by atoms with Crippen LogP contribution in [-0.4, -0.2) is 36.4 Å². The largest absolute Gasteiger partial charge is 0.364 e. The average molecular weight is 435 g/mol. The van der Waals surface area contributed by atoms with Gasteiger partial charge in [-0.2, -0.15) is 4.31 Å². The summed E-state index contributed by atoms with van der Waals surface area (Å²) < 4.78 is 33.5. The second kappa shape index (κ2) is 7.86. The van der Waals surface area contributed by atoms with Crippen LogP contribution in [0.5, 0.6) is 0 Å². The first-order valence-electron chi connectivity index (χ1n) is 8.38. The van der Waals surface area contributed by atoms with Crippen molar-refractivity contribution in [1.29, 1.82) is 0 Å². The van der Waals surface area contributed by atoms with Gasteiger partial charge in [-0.05, 0) is 31.9 Å². The van der Waals surface area contributed by atoms with Gasteiger partial charge in [0.2, 0.25) is 10.0 Å². The van der Waals surface area contributed by atoms with Crippen LogP contribution in [0.25, 0.3) is 10.8 Å². The molecule has 0 radical (unpaired) electrons. The smallest absolute Gasteiger partial charge is 0.243 e. The zero-order valence-corrected chi connectivity index (χ0v) is 17.9. The third-order valence-corrected chi connectivity index (χ3v) is 7.94. The minimum Gasteiger partial charge on any atom is -0.364 e. The van der Waals surface area contributed by atoms with Crippen LogP contribution in [-0.2, 0) is 14.5 Å². The molecular formula is C17H21Cl2N2O3PS. The molecule has 0 saturated heterocycles. The molecule has 2 aromatic rings.